The SMILES string of the molecule is COCCCC(=O)NCC(=O)O. The highest BCUT2D eigenvalue weighted by Crippen LogP contribution is 1.88. The summed E-state index contributed by atoms with van der Waals surface area (Å²) in [6.07, 6.45) is 0.920. The molecule has 0 saturated carbocycles. The number of hydrogen-bond donors (Lipinski definition) is 2. The molecular formula is C7H13NO4. The van der Waals surface area contributed by atoms with Crippen LogP contribution in [0.2, 0.25) is 0 Å². The first kappa shape index (κ1) is 10.9. The summed E-state index contributed by atoms with van der Waals surface area (Å²) in [6, 6.07) is 0. The molecule has 0 rings (SSSR count). The third kappa shape index (κ3) is 7.01. The topological polar surface area (TPSA) is 75.6 Å². The molecule has 0 spiro atoms. The van der Waals surface area contributed by atoms with Crippen molar-refractivity contribution in [2.45, 2.75) is 12.8 Å². The molecule has 12 heavy (non-hydrogen) atoms. The van der Waals surface area contributed by atoms with E-state index in [2.05, 4.69) is 5.32 Å². The number of carbonyl (C=O) groups is 2. The van der Waals surface area contributed by atoms with Gasteiger partial charge in [-0.25, -0.2) is 0 Å². The summed E-state index contributed by atoms with van der Waals surface area (Å²) in [5, 5.41) is 10.4. The number of hydrogen-bond acceptors (Lipinski definition) is 3. The van der Waals surface area contributed by atoms with Crippen LogP contribution in [0.15, 0.2) is 0 Å². The van der Waals surface area contributed by atoms with Crippen molar-refractivity contribution in [2.24, 2.45) is 0 Å². The van der Waals surface area contributed by atoms with E-state index in [9.17, 15) is 9.59 Å². The zero-order valence-electron chi connectivity index (χ0n) is 7.00. The third-order valence-electron chi connectivity index (χ3n) is 1.19. The van der Waals surface area contributed by atoms with Crippen molar-refractivity contribution < 1.29 is 19.4 Å². The van der Waals surface area contributed by atoms with Gasteiger partial charge in [0, 0.05) is 20.1 Å². The second-order valence-corrected chi connectivity index (χ2v) is 2.27. The number of nitrogens with one attached hydrogen (secondary N) is 1. The molecule has 0 fully saturated rings. The molecule has 0 aliphatic rings. The summed E-state index contributed by atoms with van der Waals surface area (Å²) < 4.78 is 4.72. The highest BCUT2D eigenvalue weighted by atomic mass is 16.5. The van der Waals surface area contributed by atoms with E-state index >= 15 is 0 Å². The van der Waals surface area contributed by atoms with E-state index in [-0.39, 0.29) is 12.5 Å². The second-order valence-electron chi connectivity index (χ2n) is 2.27. The molecular weight excluding hydrogens is 162 g/mol. The molecule has 0 aromatic heterocycles. The zero-order valence-corrected chi connectivity index (χ0v) is 7.00. The highest BCUT2D eigenvalue weighted by Gasteiger charge is 2.02. The van der Waals surface area contributed by atoms with E-state index in [1.54, 1.807) is 7.11 Å². The molecule has 0 aliphatic carbocycles. The van der Waals surface area contributed by atoms with Gasteiger partial charge in [0.15, 0.2) is 0 Å². The van der Waals surface area contributed by atoms with Crippen LogP contribution in [0.3, 0.4) is 0 Å². The van der Waals surface area contributed by atoms with Gasteiger partial charge >= 0.3 is 5.97 Å². The van der Waals surface area contributed by atoms with Crippen LogP contribution in [0.4, 0.5) is 0 Å². The van der Waals surface area contributed by atoms with Crippen LogP contribution in [0.1, 0.15) is 12.8 Å². The molecule has 0 unspecified atom stereocenters. The fourth-order valence-electron chi connectivity index (χ4n) is 0.640. The summed E-state index contributed by atoms with van der Waals surface area (Å²) in [4.78, 5) is 20.8. The van der Waals surface area contributed by atoms with E-state index in [1.807, 2.05) is 0 Å². The first-order chi connectivity index (χ1) is 5.66. The van der Waals surface area contributed by atoms with Gasteiger partial charge in [0.25, 0.3) is 0 Å². The molecule has 0 aromatic rings. The lowest BCUT2D eigenvalue weighted by molar-refractivity contribution is -0.138. The van der Waals surface area contributed by atoms with Crippen molar-refractivity contribution >= 4 is 11.9 Å². The lowest BCUT2D eigenvalue weighted by Crippen LogP contribution is -2.29. The van der Waals surface area contributed by atoms with Gasteiger partial charge in [-0.15, -0.1) is 0 Å². The van der Waals surface area contributed by atoms with E-state index < -0.39 is 5.97 Å². The van der Waals surface area contributed by atoms with Crippen molar-refractivity contribution in [3.63, 3.8) is 0 Å². The van der Waals surface area contributed by atoms with E-state index in [0.29, 0.717) is 19.4 Å². The molecule has 1 amide bonds. The van der Waals surface area contributed by atoms with Gasteiger partial charge in [0.1, 0.15) is 6.54 Å². The summed E-state index contributed by atoms with van der Waals surface area (Å²) in [5.74, 6) is -1.29. The molecule has 5 heteroatoms. The first-order valence-electron chi connectivity index (χ1n) is 3.64. The normalized spacial score (nSPS) is 9.42. The van der Waals surface area contributed by atoms with Gasteiger partial charge in [0.2, 0.25) is 5.91 Å². The quantitative estimate of drug-likeness (QED) is 0.539. The van der Waals surface area contributed by atoms with Crippen molar-refractivity contribution in [2.75, 3.05) is 20.3 Å². The highest BCUT2D eigenvalue weighted by molar-refractivity contribution is 5.80. The lowest BCUT2D eigenvalue weighted by Gasteiger charge is -2.00. The Balaban J connectivity index is 3.28. The van der Waals surface area contributed by atoms with Crippen LogP contribution in [0.25, 0.3) is 0 Å². The van der Waals surface area contributed by atoms with Gasteiger partial charge in [-0.1, -0.05) is 0 Å². The molecule has 0 atom stereocenters. The molecule has 0 radical (unpaired) electrons. The van der Waals surface area contributed by atoms with Crippen LogP contribution in [-0.4, -0.2) is 37.2 Å². The van der Waals surface area contributed by atoms with Gasteiger partial charge in [0.05, 0.1) is 0 Å². The van der Waals surface area contributed by atoms with Gasteiger partial charge in [-0.2, -0.15) is 0 Å². The fraction of sp³-hybridized carbons (Fsp3) is 0.714. The Morgan fingerprint density at radius 2 is 2.17 bits per heavy atom. The summed E-state index contributed by atoms with van der Waals surface area (Å²) >= 11 is 0. The summed E-state index contributed by atoms with van der Waals surface area (Å²) in [5.41, 5.74) is 0. The molecule has 0 aliphatic heterocycles. The standard InChI is InChI=1S/C7H13NO4/c1-12-4-2-3-6(9)8-5-7(10)11/h2-5H2,1H3,(H,8,9)(H,10,11). The maximum Gasteiger partial charge on any atom is 0.322 e. The molecule has 70 valence electrons. The van der Waals surface area contributed by atoms with Crippen LogP contribution in [0.5, 0.6) is 0 Å². The van der Waals surface area contributed by atoms with Gasteiger partial charge in [-0.3, -0.25) is 9.59 Å². The first-order valence-corrected chi connectivity index (χ1v) is 3.64. The Morgan fingerprint density at radius 3 is 2.67 bits per heavy atom. The Morgan fingerprint density at radius 1 is 1.50 bits per heavy atom. The number of carbonyl (C=O) groups excluding carboxylic acids is 1. The van der Waals surface area contributed by atoms with Crippen molar-refractivity contribution in [1.29, 1.82) is 0 Å². The van der Waals surface area contributed by atoms with Crippen molar-refractivity contribution in [3.05, 3.63) is 0 Å². The van der Waals surface area contributed by atoms with Crippen LogP contribution >= 0.6 is 0 Å². The Bertz CT molecular complexity index is 157. The predicted octanol–water partition coefficient (Wildman–Crippen LogP) is -0.386. The second kappa shape index (κ2) is 6.60. The Hall–Kier alpha value is -1.10. The number of rotatable bonds is 6. The Kier molecular flexibility index (Phi) is 6.00. The minimum atomic E-state index is -1.03. The van der Waals surface area contributed by atoms with Gasteiger partial charge < -0.3 is 15.2 Å². The Labute approximate surface area is 70.7 Å². The van der Waals surface area contributed by atoms with Crippen molar-refractivity contribution in [1.82, 2.24) is 5.32 Å². The number of methoxy groups -OCH3 is 1. The summed E-state index contributed by atoms with van der Waals surface area (Å²) in [7, 11) is 1.55. The maximum atomic E-state index is 10.8. The minimum Gasteiger partial charge on any atom is -0.480 e. The maximum absolute atomic E-state index is 10.8. The molecule has 0 aromatic carbocycles. The zero-order chi connectivity index (χ0) is 9.40. The van der Waals surface area contributed by atoms with Crippen LogP contribution < -0.4 is 5.32 Å². The van der Waals surface area contributed by atoms with Crippen LogP contribution in [0, 0.1) is 0 Å². The van der Waals surface area contributed by atoms with Gasteiger partial charge in [-0.05, 0) is 6.42 Å². The lowest BCUT2D eigenvalue weighted by atomic mass is 10.3. The predicted molar refractivity (Wildman–Crippen MR) is 41.8 cm³/mol. The van der Waals surface area contributed by atoms with Crippen LogP contribution in [-0.2, 0) is 14.3 Å². The summed E-state index contributed by atoms with van der Waals surface area (Å²) in [6.45, 7) is 0.201. The molecule has 0 heterocycles. The molecule has 2 N–H and O–H groups in total. The average molecular weight is 175 g/mol. The third-order valence-corrected chi connectivity index (χ3v) is 1.19. The number of carboxylic acid groups (broad SMARTS) is 1. The average Bonchev–Trinajstić information content (AvgIpc) is 2.01. The number of carboxylic acids is 1. The number of ether oxygens (including phenoxy) is 1. The largest absolute Gasteiger partial charge is 0.480 e. The number of amides is 1. The van der Waals surface area contributed by atoms with Crippen molar-refractivity contribution in [3.8, 4) is 0 Å². The molecule has 5 nitrogen and oxygen atoms in total. The molecule has 0 saturated heterocycles. The van der Waals surface area contributed by atoms with E-state index in [1.165, 1.54) is 0 Å². The monoisotopic (exact) mass is 175 g/mol. The van der Waals surface area contributed by atoms with E-state index in [4.69, 9.17) is 9.84 Å². The number of aliphatic carboxylic acids is 1. The van der Waals surface area contributed by atoms with E-state index in [0.717, 1.165) is 0 Å². The molecule has 0 bridgehead atoms. The smallest absolute Gasteiger partial charge is 0.322 e. The fourth-order valence-corrected chi connectivity index (χ4v) is 0.640. The minimum absolute atomic E-state index is 0.255.